The number of carbonyl (C=O) groups excluding carboxylic acids is 1. The van der Waals surface area contributed by atoms with Crippen molar-refractivity contribution in [2.24, 2.45) is 0 Å². The van der Waals surface area contributed by atoms with Crippen molar-refractivity contribution in [3.8, 4) is 0 Å². The first-order chi connectivity index (χ1) is 9.60. The molecule has 1 atom stereocenters. The van der Waals surface area contributed by atoms with Crippen molar-refractivity contribution in [3.05, 3.63) is 33.8 Å². The molecule has 0 saturated carbocycles. The molecule has 1 rings (SSSR count). The van der Waals surface area contributed by atoms with E-state index >= 15 is 0 Å². The normalized spacial score (nSPS) is 12.7. The standard InChI is InChI=1S/C12H13Cl2NO5S/c1-7(16)15-11(12(17)18)6-21(19,20)5-8-2-3-9(13)10(14)4-8/h2-4,11H,5-6H2,1H3,(H,15,16)(H,17,18)/t11-/m0/s1. The summed E-state index contributed by atoms with van der Waals surface area (Å²) in [5.74, 6) is -3.13. The number of hydrogen-bond acceptors (Lipinski definition) is 4. The van der Waals surface area contributed by atoms with Crippen LogP contribution in [-0.4, -0.2) is 37.2 Å². The van der Waals surface area contributed by atoms with Crippen molar-refractivity contribution < 1.29 is 23.1 Å². The highest BCUT2D eigenvalue weighted by Crippen LogP contribution is 2.23. The van der Waals surface area contributed by atoms with Crippen molar-refractivity contribution in [2.45, 2.75) is 18.7 Å². The van der Waals surface area contributed by atoms with Gasteiger partial charge in [0, 0.05) is 6.92 Å². The number of halogens is 2. The minimum atomic E-state index is -3.75. The van der Waals surface area contributed by atoms with Crippen LogP contribution >= 0.6 is 23.2 Å². The molecule has 0 aliphatic heterocycles. The Morgan fingerprint density at radius 3 is 2.38 bits per heavy atom. The summed E-state index contributed by atoms with van der Waals surface area (Å²) < 4.78 is 24.0. The van der Waals surface area contributed by atoms with E-state index in [1.165, 1.54) is 18.2 Å². The summed E-state index contributed by atoms with van der Waals surface area (Å²) in [5, 5.41) is 11.5. The fourth-order valence-electron chi connectivity index (χ4n) is 1.62. The molecular formula is C12H13Cl2NO5S. The van der Waals surface area contributed by atoms with Gasteiger partial charge in [0.25, 0.3) is 0 Å². The maximum absolute atomic E-state index is 12.0. The number of aliphatic carboxylic acids is 1. The highest BCUT2D eigenvalue weighted by molar-refractivity contribution is 7.90. The van der Waals surface area contributed by atoms with Crippen molar-refractivity contribution in [1.29, 1.82) is 0 Å². The zero-order valence-electron chi connectivity index (χ0n) is 11.0. The van der Waals surface area contributed by atoms with Gasteiger partial charge in [0.1, 0.15) is 6.04 Å². The van der Waals surface area contributed by atoms with Gasteiger partial charge in [0.15, 0.2) is 9.84 Å². The molecule has 0 aliphatic rings. The highest BCUT2D eigenvalue weighted by Gasteiger charge is 2.26. The molecule has 116 valence electrons. The van der Waals surface area contributed by atoms with Crippen LogP contribution in [0.25, 0.3) is 0 Å². The second kappa shape index (κ2) is 7.11. The van der Waals surface area contributed by atoms with Gasteiger partial charge in [0.05, 0.1) is 21.6 Å². The van der Waals surface area contributed by atoms with Crippen LogP contribution in [0.2, 0.25) is 10.0 Å². The molecule has 1 aromatic rings. The summed E-state index contributed by atoms with van der Waals surface area (Å²) in [5.41, 5.74) is 0.386. The van der Waals surface area contributed by atoms with E-state index in [1.807, 2.05) is 0 Å². The summed E-state index contributed by atoms with van der Waals surface area (Å²) in [6.45, 7) is 1.11. The third-order valence-corrected chi connectivity index (χ3v) is 4.82. The Labute approximate surface area is 132 Å². The van der Waals surface area contributed by atoms with E-state index in [1.54, 1.807) is 0 Å². The molecule has 6 nitrogen and oxygen atoms in total. The Morgan fingerprint density at radius 1 is 1.29 bits per heavy atom. The predicted octanol–water partition coefficient (Wildman–Crippen LogP) is 1.50. The van der Waals surface area contributed by atoms with Gasteiger partial charge in [-0.3, -0.25) is 4.79 Å². The molecule has 1 aromatic carbocycles. The van der Waals surface area contributed by atoms with Crippen molar-refractivity contribution in [1.82, 2.24) is 5.32 Å². The zero-order valence-corrected chi connectivity index (χ0v) is 13.3. The molecule has 0 radical (unpaired) electrons. The van der Waals surface area contributed by atoms with E-state index in [4.69, 9.17) is 28.3 Å². The topological polar surface area (TPSA) is 101 Å². The fraction of sp³-hybridized carbons (Fsp3) is 0.333. The molecule has 0 unspecified atom stereocenters. The first-order valence-corrected chi connectivity index (χ1v) is 8.32. The summed E-state index contributed by atoms with van der Waals surface area (Å²) >= 11 is 11.5. The van der Waals surface area contributed by atoms with Crippen LogP contribution < -0.4 is 5.32 Å². The van der Waals surface area contributed by atoms with Gasteiger partial charge in [-0.05, 0) is 17.7 Å². The molecule has 0 aromatic heterocycles. The molecule has 2 N–H and O–H groups in total. The maximum atomic E-state index is 12.0. The van der Waals surface area contributed by atoms with E-state index in [-0.39, 0.29) is 5.02 Å². The predicted molar refractivity (Wildman–Crippen MR) is 79.2 cm³/mol. The molecule has 0 spiro atoms. The summed E-state index contributed by atoms with van der Waals surface area (Å²) in [6.07, 6.45) is 0. The largest absolute Gasteiger partial charge is 0.480 e. The summed E-state index contributed by atoms with van der Waals surface area (Å²) in [6, 6.07) is 2.85. The lowest BCUT2D eigenvalue weighted by atomic mass is 10.2. The van der Waals surface area contributed by atoms with Gasteiger partial charge in [-0.1, -0.05) is 29.3 Å². The average molecular weight is 354 g/mol. The molecular weight excluding hydrogens is 341 g/mol. The second-order valence-corrected chi connectivity index (χ2v) is 7.32. The third kappa shape index (κ3) is 5.91. The number of hydrogen-bond donors (Lipinski definition) is 2. The first kappa shape index (κ1) is 17.7. The maximum Gasteiger partial charge on any atom is 0.327 e. The quantitative estimate of drug-likeness (QED) is 0.806. The van der Waals surface area contributed by atoms with Crippen LogP contribution in [0.3, 0.4) is 0 Å². The Balaban J connectivity index is 2.87. The zero-order chi connectivity index (χ0) is 16.2. The van der Waals surface area contributed by atoms with Crippen LogP contribution in [0.1, 0.15) is 12.5 Å². The second-order valence-electron chi connectivity index (χ2n) is 4.39. The number of carboxylic acid groups (broad SMARTS) is 1. The Morgan fingerprint density at radius 2 is 1.90 bits per heavy atom. The van der Waals surface area contributed by atoms with Gasteiger partial charge in [-0.15, -0.1) is 0 Å². The lowest BCUT2D eigenvalue weighted by Crippen LogP contribution is -2.44. The minimum Gasteiger partial charge on any atom is -0.480 e. The van der Waals surface area contributed by atoms with Gasteiger partial charge in [0.2, 0.25) is 5.91 Å². The van der Waals surface area contributed by atoms with E-state index in [0.717, 1.165) is 6.92 Å². The SMILES string of the molecule is CC(=O)N[C@@H](CS(=O)(=O)Cc1ccc(Cl)c(Cl)c1)C(=O)O. The van der Waals surface area contributed by atoms with Crippen LogP contribution in [0.15, 0.2) is 18.2 Å². The number of carbonyl (C=O) groups is 2. The lowest BCUT2D eigenvalue weighted by molar-refractivity contribution is -0.140. The summed E-state index contributed by atoms with van der Waals surface area (Å²) in [4.78, 5) is 21.8. The molecule has 1 amide bonds. The van der Waals surface area contributed by atoms with Gasteiger partial charge in [-0.2, -0.15) is 0 Å². The Hall–Kier alpha value is -1.31. The van der Waals surface area contributed by atoms with Crippen molar-refractivity contribution in [3.63, 3.8) is 0 Å². The molecule has 0 bridgehead atoms. The average Bonchev–Trinajstić information content (AvgIpc) is 2.31. The first-order valence-electron chi connectivity index (χ1n) is 5.75. The Bertz CT molecular complexity index is 660. The molecule has 0 heterocycles. The summed E-state index contributed by atoms with van der Waals surface area (Å²) in [7, 11) is -3.75. The smallest absolute Gasteiger partial charge is 0.327 e. The van der Waals surface area contributed by atoms with Crippen molar-refractivity contribution in [2.75, 3.05) is 5.75 Å². The number of amides is 1. The van der Waals surface area contributed by atoms with Crippen LogP contribution in [0.5, 0.6) is 0 Å². The number of sulfone groups is 1. The molecule has 0 aliphatic carbocycles. The fourth-order valence-corrected chi connectivity index (χ4v) is 3.48. The molecule has 21 heavy (non-hydrogen) atoms. The van der Waals surface area contributed by atoms with Gasteiger partial charge in [-0.25, -0.2) is 13.2 Å². The van der Waals surface area contributed by atoms with E-state index in [0.29, 0.717) is 10.6 Å². The monoisotopic (exact) mass is 353 g/mol. The number of rotatable bonds is 6. The van der Waals surface area contributed by atoms with Crippen LogP contribution in [-0.2, 0) is 25.2 Å². The molecule has 9 heteroatoms. The van der Waals surface area contributed by atoms with Crippen LogP contribution in [0.4, 0.5) is 0 Å². The number of benzene rings is 1. The Kier molecular flexibility index (Phi) is 6.00. The molecule has 0 saturated heterocycles. The molecule has 0 fully saturated rings. The lowest BCUT2D eigenvalue weighted by Gasteiger charge is -2.13. The number of carboxylic acids is 1. The number of nitrogens with one attached hydrogen (secondary N) is 1. The van der Waals surface area contributed by atoms with Gasteiger partial charge >= 0.3 is 5.97 Å². The minimum absolute atomic E-state index is 0.209. The van der Waals surface area contributed by atoms with E-state index < -0.39 is 39.3 Å². The van der Waals surface area contributed by atoms with E-state index in [2.05, 4.69) is 5.32 Å². The third-order valence-electron chi connectivity index (χ3n) is 2.47. The highest BCUT2D eigenvalue weighted by atomic mass is 35.5. The van der Waals surface area contributed by atoms with E-state index in [9.17, 15) is 18.0 Å². The van der Waals surface area contributed by atoms with Crippen LogP contribution in [0, 0.1) is 0 Å². The van der Waals surface area contributed by atoms with Crippen molar-refractivity contribution >= 4 is 44.9 Å². The van der Waals surface area contributed by atoms with Gasteiger partial charge < -0.3 is 10.4 Å².